The van der Waals surface area contributed by atoms with Crippen LogP contribution in [0.1, 0.15) is 55.6 Å². The highest BCUT2D eigenvalue weighted by atomic mass is 35.5. The Hall–Kier alpha value is -0.540. The van der Waals surface area contributed by atoms with Gasteiger partial charge in [0.15, 0.2) is 5.76 Å². The lowest BCUT2D eigenvalue weighted by atomic mass is 9.87. The van der Waals surface area contributed by atoms with Gasteiger partial charge in [-0.1, -0.05) is 36.0 Å². The molecule has 0 bridgehead atoms. The van der Waals surface area contributed by atoms with Gasteiger partial charge in [-0.05, 0) is 12.8 Å². The topological polar surface area (TPSA) is 38.6 Å². The van der Waals surface area contributed by atoms with Crippen molar-refractivity contribution >= 4 is 11.6 Å². The first kappa shape index (κ1) is 9.67. The predicted octanol–water partition coefficient (Wildman–Crippen LogP) is 3.45. The largest absolute Gasteiger partial charge is 0.364 e. The number of epoxide rings is 1. The maximum absolute atomic E-state index is 6.26. The lowest BCUT2D eigenvalue weighted by Crippen LogP contribution is -2.05. The third-order valence-corrected chi connectivity index (χ3v) is 3.68. The summed E-state index contributed by atoms with van der Waals surface area (Å²) < 4.78 is 10.4. The maximum atomic E-state index is 6.26. The molecule has 1 unspecified atom stereocenters. The van der Waals surface area contributed by atoms with Crippen LogP contribution in [0.3, 0.4) is 0 Å². The molecular formula is C11H14ClNO2. The molecule has 0 aromatic carbocycles. The second-order valence-corrected chi connectivity index (χ2v) is 4.78. The van der Waals surface area contributed by atoms with Gasteiger partial charge in [-0.15, -0.1) is 0 Å². The number of nitrogens with zero attached hydrogens (tertiary/aromatic N) is 1. The van der Waals surface area contributed by atoms with Crippen LogP contribution in [-0.2, 0) is 4.74 Å². The monoisotopic (exact) mass is 227 g/mol. The first-order chi connectivity index (χ1) is 7.36. The Balaban J connectivity index is 1.83. The van der Waals surface area contributed by atoms with Crippen LogP contribution < -0.4 is 0 Å². The molecule has 0 N–H and O–H groups in total. The Kier molecular flexibility index (Phi) is 2.45. The Morgan fingerprint density at radius 3 is 2.60 bits per heavy atom. The summed E-state index contributed by atoms with van der Waals surface area (Å²) in [4.78, 5) is 0. The highest BCUT2D eigenvalue weighted by Gasteiger charge is 2.34. The van der Waals surface area contributed by atoms with Gasteiger partial charge < -0.3 is 9.26 Å². The smallest absolute Gasteiger partial charge is 0.186 e. The summed E-state index contributed by atoms with van der Waals surface area (Å²) in [5.74, 6) is 1.24. The summed E-state index contributed by atoms with van der Waals surface area (Å²) in [5.41, 5.74) is 0.960. The molecule has 4 heteroatoms. The van der Waals surface area contributed by atoms with Gasteiger partial charge in [0.05, 0.1) is 6.61 Å². The van der Waals surface area contributed by atoms with Crippen molar-refractivity contribution in [1.82, 2.24) is 5.16 Å². The third-order valence-electron chi connectivity index (χ3n) is 3.30. The van der Waals surface area contributed by atoms with Crippen molar-refractivity contribution in [3.8, 4) is 0 Å². The van der Waals surface area contributed by atoms with Gasteiger partial charge in [0.2, 0.25) is 0 Å². The molecule has 3 nitrogen and oxygen atoms in total. The van der Waals surface area contributed by atoms with E-state index in [0.29, 0.717) is 10.9 Å². The normalized spacial score (nSPS) is 26.9. The summed E-state index contributed by atoms with van der Waals surface area (Å²) in [5, 5.41) is 4.83. The lowest BCUT2D eigenvalue weighted by Gasteiger charge is -2.19. The Labute approximate surface area is 93.7 Å². The average molecular weight is 228 g/mol. The van der Waals surface area contributed by atoms with Gasteiger partial charge in [-0.25, -0.2) is 0 Å². The number of hydrogen-bond acceptors (Lipinski definition) is 3. The molecule has 0 radical (unpaired) electrons. The van der Waals surface area contributed by atoms with Gasteiger partial charge in [-0.2, -0.15) is 0 Å². The second-order valence-electron chi connectivity index (χ2n) is 4.40. The molecule has 0 amide bonds. The quantitative estimate of drug-likeness (QED) is 0.727. The molecule has 1 aromatic rings. The molecule has 1 aromatic heterocycles. The van der Waals surface area contributed by atoms with Crippen LogP contribution in [0, 0.1) is 0 Å². The van der Waals surface area contributed by atoms with E-state index in [9.17, 15) is 0 Å². The van der Waals surface area contributed by atoms with E-state index in [0.717, 1.165) is 18.1 Å². The van der Waals surface area contributed by atoms with E-state index in [1.54, 1.807) is 0 Å². The van der Waals surface area contributed by atoms with Crippen molar-refractivity contribution in [2.75, 3.05) is 6.61 Å². The zero-order valence-corrected chi connectivity index (χ0v) is 9.29. The van der Waals surface area contributed by atoms with Crippen LogP contribution in [-0.4, -0.2) is 11.8 Å². The van der Waals surface area contributed by atoms with Crippen molar-refractivity contribution in [3.05, 3.63) is 16.5 Å². The molecule has 2 aliphatic rings. The molecule has 2 fully saturated rings. The fourth-order valence-electron chi connectivity index (χ4n) is 2.33. The first-order valence-corrected chi connectivity index (χ1v) is 6.00. The van der Waals surface area contributed by atoms with E-state index >= 15 is 0 Å². The van der Waals surface area contributed by atoms with Crippen LogP contribution in [0.4, 0.5) is 0 Å². The van der Waals surface area contributed by atoms with Gasteiger partial charge in [-0.3, -0.25) is 0 Å². The summed E-state index contributed by atoms with van der Waals surface area (Å²) in [6.45, 7) is 0.721. The number of rotatable bonds is 2. The summed E-state index contributed by atoms with van der Waals surface area (Å²) >= 11 is 6.26. The zero-order valence-electron chi connectivity index (χ0n) is 8.54. The van der Waals surface area contributed by atoms with E-state index in [1.807, 2.05) is 0 Å². The van der Waals surface area contributed by atoms with Gasteiger partial charge in [0, 0.05) is 5.92 Å². The number of halogens is 1. The van der Waals surface area contributed by atoms with Crippen molar-refractivity contribution in [3.63, 3.8) is 0 Å². The average Bonchev–Trinajstić information content (AvgIpc) is 3.04. The standard InChI is InChI=1S/C11H14ClNO2/c12-9-10(7-4-2-1-3-5-7)13-15-11(9)8-6-14-8/h7-8H,1-6H2. The van der Waals surface area contributed by atoms with Gasteiger partial charge in [0.1, 0.15) is 16.8 Å². The predicted molar refractivity (Wildman–Crippen MR) is 56.0 cm³/mol. The lowest BCUT2D eigenvalue weighted by molar-refractivity contribution is 0.317. The number of hydrogen-bond donors (Lipinski definition) is 0. The molecule has 1 saturated heterocycles. The van der Waals surface area contributed by atoms with Crippen molar-refractivity contribution in [2.24, 2.45) is 0 Å². The molecule has 3 rings (SSSR count). The molecular weight excluding hydrogens is 214 g/mol. The minimum Gasteiger partial charge on any atom is -0.364 e. The minimum atomic E-state index is 0.0716. The summed E-state index contributed by atoms with van der Waals surface area (Å²) in [6.07, 6.45) is 6.35. The molecule has 1 aliphatic heterocycles. The SMILES string of the molecule is Clc1c(C2CCCCC2)noc1C1CO1. The Morgan fingerprint density at radius 2 is 1.93 bits per heavy atom. The number of ether oxygens (including phenoxy) is 1. The molecule has 82 valence electrons. The van der Waals surface area contributed by atoms with E-state index in [1.165, 1.54) is 32.1 Å². The van der Waals surface area contributed by atoms with Gasteiger partial charge >= 0.3 is 0 Å². The van der Waals surface area contributed by atoms with E-state index in [4.69, 9.17) is 20.9 Å². The van der Waals surface area contributed by atoms with Crippen LogP contribution in [0.2, 0.25) is 5.02 Å². The third kappa shape index (κ3) is 1.79. The van der Waals surface area contributed by atoms with E-state index in [2.05, 4.69) is 5.16 Å². The second kappa shape index (κ2) is 3.80. The highest BCUT2D eigenvalue weighted by molar-refractivity contribution is 6.31. The molecule has 1 aliphatic carbocycles. The van der Waals surface area contributed by atoms with E-state index in [-0.39, 0.29) is 6.10 Å². The van der Waals surface area contributed by atoms with Gasteiger partial charge in [0.25, 0.3) is 0 Å². The Bertz CT molecular complexity index is 353. The molecule has 1 saturated carbocycles. The van der Waals surface area contributed by atoms with Crippen molar-refractivity contribution < 1.29 is 9.26 Å². The molecule has 15 heavy (non-hydrogen) atoms. The fourth-order valence-corrected chi connectivity index (χ4v) is 2.68. The maximum Gasteiger partial charge on any atom is 0.186 e. The minimum absolute atomic E-state index is 0.0716. The van der Waals surface area contributed by atoms with Crippen LogP contribution in [0.5, 0.6) is 0 Å². The first-order valence-electron chi connectivity index (χ1n) is 5.63. The fraction of sp³-hybridized carbons (Fsp3) is 0.727. The van der Waals surface area contributed by atoms with Crippen LogP contribution in [0.25, 0.3) is 0 Å². The summed E-state index contributed by atoms with van der Waals surface area (Å²) in [7, 11) is 0. The van der Waals surface area contributed by atoms with E-state index < -0.39 is 0 Å². The summed E-state index contributed by atoms with van der Waals surface area (Å²) in [6, 6.07) is 0. The zero-order chi connectivity index (χ0) is 10.3. The highest BCUT2D eigenvalue weighted by Crippen LogP contribution is 2.41. The van der Waals surface area contributed by atoms with Crippen molar-refractivity contribution in [2.45, 2.75) is 44.1 Å². The molecule has 1 atom stereocenters. The van der Waals surface area contributed by atoms with Crippen LogP contribution >= 0.6 is 11.6 Å². The molecule has 0 spiro atoms. The number of aromatic nitrogens is 1. The molecule has 2 heterocycles. The van der Waals surface area contributed by atoms with Crippen LogP contribution in [0.15, 0.2) is 4.52 Å². The van der Waals surface area contributed by atoms with Crippen molar-refractivity contribution in [1.29, 1.82) is 0 Å². The Morgan fingerprint density at radius 1 is 1.20 bits per heavy atom.